The van der Waals surface area contributed by atoms with Crippen LogP contribution in [0.2, 0.25) is 0 Å². The van der Waals surface area contributed by atoms with Gasteiger partial charge in [0.05, 0.1) is 23.3 Å². The summed E-state index contributed by atoms with van der Waals surface area (Å²) in [5.41, 5.74) is 4.37. The van der Waals surface area contributed by atoms with Crippen molar-refractivity contribution < 1.29 is 0 Å². The highest BCUT2D eigenvalue weighted by molar-refractivity contribution is 5.78. The summed E-state index contributed by atoms with van der Waals surface area (Å²) in [5.74, 6) is 0.479. The molecule has 1 aromatic carbocycles. The fourth-order valence-corrected chi connectivity index (χ4v) is 3.20. The van der Waals surface area contributed by atoms with Gasteiger partial charge in [0.2, 0.25) is 5.95 Å². The molecule has 0 aliphatic carbocycles. The zero-order chi connectivity index (χ0) is 18.4. The SMILES string of the molecule is Cc1nc(-n2cnc3ccccc32)nc2c1[nH]c(=O)n2Cc1cccnc1. The van der Waals surface area contributed by atoms with Gasteiger partial charge in [-0.15, -0.1) is 0 Å². The molecule has 132 valence electrons. The van der Waals surface area contributed by atoms with Gasteiger partial charge in [-0.05, 0) is 30.7 Å². The van der Waals surface area contributed by atoms with Crippen LogP contribution in [0.15, 0.2) is 59.9 Å². The van der Waals surface area contributed by atoms with Crippen LogP contribution >= 0.6 is 0 Å². The molecule has 5 aromatic rings. The number of H-pyrrole nitrogens is 1. The van der Waals surface area contributed by atoms with Crippen molar-refractivity contribution in [1.82, 2.24) is 34.1 Å². The second-order valence-corrected chi connectivity index (χ2v) is 6.29. The monoisotopic (exact) mass is 357 g/mol. The molecule has 27 heavy (non-hydrogen) atoms. The summed E-state index contributed by atoms with van der Waals surface area (Å²) in [5, 5.41) is 0. The fourth-order valence-electron chi connectivity index (χ4n) is 3.20. The fraction of sp³-hybridized carbons (Fsp3) is 0.105. The van der Waals surface area contributed by atoms with Gasteiger partial charge in [0.25, 0.3) is 0 Å². The number of aromatic amines is 1. The van der Waals surface area contributed by atoms with Crippen LogP contribution in [0.5, 0.6) is 0 Å². The number of aromatic nitrogens is 7. The first-order chi connectivity index (χ1) is 13.2. The van der Waals surface area contributed by atoms with Crippen molar-refractivity contribution in [2.24, 2.45) is 0 Å². The van der Waals surface area contributed by atoms with Crippen molar-refractivity contribution in [3.05, 3.63) is 76.9 Å². The summed E-state index contributed by atoms with van der Waals surface area (Å²) in [6.45, 7) is 2.24. The Morgan fingerprint density at radius 2 is 2.00 bits per heavy atom. The third kappa shape index (κ3) is 2.50. The lowest BCUT2D eigenvalue weighted by Gasteiger charge is -2.07. The average molecular weight is 357 g/mol. The highest BCUT2D eigenvalue weighted by atomic mass is 16.1. The van der Waals surface area contributed by atoms with E-state index in [4.69, 9.17) is 0 Å². The Balaban J connectivity index is 1.72. The van der Waals surface area contributed by atoms with E-state index in [1.165, 1.54) is 0 Å². The molecule has 8 heteroatoms. The number of hydrogen-bond acceptors (Lipinski definition) is 5. The molecule has 0 saturated heterocycles. The normalized spacial score (nSPS) is 11.4. The van der Waals surface area contributed by atoms with Gasteiger partial charge in [0.1, 0.15) is 11.8 Å². The van der Waals surface area contributed by atoms with Gasteiger partial charge >= 0.3 is 5.69 Å². The summed E-state index contributed by atoms with van der Waals surface area (Å²) in [6, 6.07) is 11.6. The molecule has 8 nitrogen and oxygen atoms in total. The summed E-state index contributed by atoms with van der Waals surface area (Å²) >= 11 is 0. The van der Waals surface area contributed by atoms with Crippen LogP contribution in [0.25, 0.3) is 28.1 Å². The van der Waals surface area contributed by atoms with Crippen molar-refractivity contribution in [2.75, 3.05) is 0 Å². The maximum atomic E-state index is 12.5. The van der Waals surface area contributed by atoms with E-state index < -0.39 is 0 Å². The second kappa shape index (κ2) is 5.87. The number of imidazole rings is 2. The Morgan fingerprint density at radius 1 is 1.11 bits per heavy atom. The van der Waals surface area contributed by atoms with Crippen LogP contribution in [0.3, 0.4) is 0 Å². The van der Waals surface area contributed by atoms with E-state index in [0.29, 0.717) is 29.4 Å². The minimum Gasteiger partial charge on any atom is -0.303 e. The van der Waals surface area contributed by atoms with Gasteiger partial charge < -0.3 is 4.98 Å². The summed E-state index contributed by atoms with van der Waals surface area (Å²) in [7, 11) is 0. The maximum absolute atomic E-state index is 12.5. The molecule has 4 heterocycles. The zero-order valence-corrected chi connectivity index (χ0v) is 14.5. The lowest BCUT2D eigenvalue weighted by molar-refractivity contribution is 0.771. The van der Waals surface area contributed by atoms with Gasteiger partial charge in [0.15, 0.2) is 5.65 Å². The highest BCUT2D eigenvalue weighted by Gasteiger charge is 2.15. The molecule has 5 rings (SSSR count). The smallest absolute Gasteiger partial charge is 0.303 e. The third-order valence-corrected chi connectivity index (χ3v) is 4.52. The van der Waals surface area contributed by atoms with Crippen molar-refractivity contribution in [3.63, 3.8) is 0 Å². The number of fused-ring (bicyclic) bond motifs is 2. The molecular weight excluding hydrogens is 342 g/mol. The maximum Gasteiger partial charge on any atom is 0.328 e. The predicted molar refractivity (Wildman–Crippen MR) is 101 cm³/mol. The van der Waals surface area contributed by atoms with Crippen LogP contribution in [0, 0.1) is 6.92 Å². The Hall–Kier alpha value is -3.81. The van der Waals surface area contributed by atoms with E-state index >= 15 is 0 Å². The summed E-state index contributed by atoms with van der Waals surface area (Å²) in [4.78, 5) is 33.1. The molecule has 1 N–H and O–H groups in total. The topological polar surface area (TPSA) is 94.3 Å². The van der Waals surface area contributed by atoms with Crippen molar-refractivity contribution in [1.29, 1.82) is 0 Å². The molecule has 0 fully saturated rings. The molecular formula is C19H15N7O. The Morgan fingerprint density at radius 3 is 2.85 bits per heavy atom. The van der Waals surface area contributed by atoms with Crippen molar-refractivity contribution >= 4 is 22.2 Å². The Labute approximate surface area is 153 Å². The lowest BCUT2D eigenvalue weighted by atomic mass is 10.3. The molecule has 0 amide bonds. The number of aryl methyl sites for hydroxylation is 1. The number of nitrogens with zero attached hydrogens (tertiary/aromatic N) is 6. The van der Waals surface area contributed by atoms with E-state index in [9.17, 15) is 4.79 Å². The molecule has 0 atom stereocenters. The van der Waals surface area contributed by atoms with Crippen LogP contribution in [-0.2, 0) is 6.54 Å². The number of rotatable bonds is 3. The van der Waals surface area contributed by atoms with Gasteiger partial charge in [-0.3, -0.25) is 14.1 Å². The quantitative estimate of drug-likeness (QED) is 0.534. The molecule has 0 spiro atoms. The van der Waals surface area contributed by atoms with Crippen LogP contribution in [-0.4, -0.2) is 34.1 Å². The van der Waals surface area contributed by atoms with E-state index in [2.05, 4.69) is 24.9 Å². The molecule has 0 aliphatic heterocycles. The first-order valence-corrected chi connectivity index (χ1v) is 8.49. The van der Waals surface area contributed by atoms with Gasteiger partial charge in [-0.1, -0.05) is 18.2 Å². The van der Waals surface area contributed by atoms with Crippen molar-refractivity contribution in [2.45, 2.75) is 13.5 Å². The Kier molecular flexibility index (Phi) is 3.36. The molecule has 0 radical (unpaired) electrons. The van der Waals surface area contributed by atoms with Gasteiger partial charge in [-0.25, -0.2) is 14.8 Å². The van der Waals surface area contributed by atoms with Gasteiger partial charge in [-0.2, -0.15) is 4.98 Å². The zero-order valence-electron chi connectivity index (χ0n) is 14.5. The van der Waals surface area contributed by atoms with E-state index in [1.54, 1.807) is 23.3 Å². The average Bonchev–Trinajstić information content (AvgIpc) is 3.25. The first-order valence-electron chi connectivity index (χ1n) is 8.49. The number of nitrogens with one attached hydrogen (secondary N) is 1. The largest absolute Gasteiger partial charge is 0.328 e. The van der Waals surface area contributed by atoms with E-state index in [0.717, 1.165) is 16.6 Å². The predicted octanol–water partition coefficient (Wildman–Crippen LogP) is 2.21. The first kappa shape index (κ1) is 15.4. The minimum absolute atomic E-state index is 0.223. The minimum atomic E-state index is -0.223. The van der Waals surface area contributed by atoms with Crippen LogP contribution in [0.1, 0.15) is 11.3 Å². The number of pyridine rings is 1. The highest BCUT2D eigenvalue weighted by Crippen LogP contribution is 2.19. The van der Waals surface area contributed by atoms with Crippen molar-refractivity contribution in [3.8, 4) is 5.95 Å². The van der Waals surface area contributed by atoms with Crippen LogP contribution in [0.4, 0.5) is 0 Å². The van der Waals surface area contributed by atoms with E-state index in [1.807, 2.05) is 47.9 Å². The number of hydrogen-bond donors (Lipinski definition) is 1. The third-order valence-electron chi connectivity index (χ3n) is 4.52. The van der Waals surface area contributed by atoms with Crippen LogP contribution < -0.4 is 5.69 Å². The molecule has 4 aromatic heterocycles. The molecule has 0 bridgehead atoms. The molecule has 0 saturated carbocycles. The summed E-state index contributed by atoms with van der Waals surface area (Å²) in [6.07, 6.45) is 5.14. The molecule has 0 unspecified atom stereocenters. The summed E-state index contributed by atoms with van der Waals surface area (Å²) < 4.78 is 3.43. The van der Waals surface area contributed by atoms with Gasteiger partial charge in [0, 0.05) is 12.4 Å². The Bertz CT molecular complexity index is 1330. The lowest BCUT2D eigenvalue weighted by Crippen LogP contribution is -2.18. The number of para-hydroxylation sites is 2. The number of benzene rings is 1. The second-order valence-electron chi connectivity index (χ2n) is 6.29. The standard InChI is InChI=1S/C19H15N7O/c1-12-16-17(25(19(27)23-16)10-13-5-4-8-20-9-13)24-18(22-12)26-11-21-14-6-2-3-7-15(14)26/h2-9,11H,10H2,1H3,(H,23,27). The molecule has 0 aliphatic rings. The van der Waals surface area contributed by atoms with E-state index in [-0.39, 0.29) is 5.69 Å².